The lowest BCUT2D eigenvalue weighted by atomic mass is 10.0. The third-order valence-electron chi connectivity index (χ3n) is 10.2. The number of ether oxygens (including phenoxy) is 2. The number of rotatable bonds is 6. The van der Waals surface area contributed by atoms with E-state index < -0.39 is 47.6 Å². The highest BCUT2D eigenvalue weighted by Crippen LogP contribution is 2.45. The number of alkyl carbamates (subject to hydrolysis) is 1. The van der Waals surface area contributed by atoms with Crippen molar-refractivity contribution in [2.75, 3.05) is 6.54 Å². The van der Waals surface area contributed by atoms with Crippen LogP contribution in [0.15, 0.2) is 42.9 Å². The molecule has 0 radical (unpaired) electrons. The Morgan fingerprint density at radius 1 is 1.08 bits per heavy atom. The van der Waals surface area contributed by atoms with Gasteiger partial charge in [-0.15, -0.1) is 11.3 Å². The molecule has 3 amide bonds. The zero-order valence-corrected chi connectivity index (χ0v) is 28.3. The normalized spacial score (nSPS) is 27.9. The van der Waals surface area contributed by atoms with E-state index in [0.29, 0.717) is 18.6 Å². The highest BCUT2D eigenvalue weighted by Gasteiger charge is 2.61. The third-order valence-corrected chi connectivity index (χ3v) is 11.3. The number of fused-ring (bicyclic) bond motifs is 3. The van der Waals surface area contributed by atoms with Gasteiger partial charge in [-0.1, -0.05) is 25.0 Å². The smallest absolute Gasteiger partial charge is 0.408 e. The maximum absolute atomic E-state index is 14.3. The number of carboxylic acid groups (broad SMARTS) is 1. The number of nitrogens with zero attached hydrogens (tertiary/aromatic N) is 4. The maximum Gasteiger partial charge on any atom is 0.408 e. The molecule has 3 fully saturated rings. The molecule has 0 bridgehead atoms. The van der Waals surface area contributed by atoms with E-state index in [1.54, 1.807) is 18.5 Å². The minimum atomic E-state index is -1.42. The van der Waals surface area contributed by atoms with Crippen molar-refractivity contribution in [3.05, 3.63) is 42.9 Å². The molecule has 2 aliphatic carbocycles. The number of pyridine rings is 1. The average molecular weight is 691 g/mol. The van der Waals surface area contributed by atoms with Crippen molar-refractivity contribution in [3.8, 4) is 16.5 Å². The Bertz CT molecular complexity index is 1770. The van der Waals surface area contributed by atoms with Gasteiger partial charge in [-0.05, 0) is 63.5 Å². The summed E-state index contributed by atoms with van der Waals surface area (Å²) in [6.45, 7) is 0.0809. The van der Waals surface area contributed by atoms with Crippen LogP contribution in [-0.4, -0.2) is 84.8 Å². The molecule has 14 heteroatoms. The molecule has 3 aromatic heterocycles. The number of allylic oxidation sites excluding steroid dienone is 1. The number of carbonyl (C=O) groups is 4. The largest absolute Gasteiger partial charge is 0.487 e. The van der Waals surface area contributed by atoms with Crippen LogP contribution in [0.5, 0.6) is 5.75 Å². The number of aryl methyl sites for hydroxylation is 1. The lowest BCUT2D eigenvalue weighted by Crippen LogP contribution is -2.56. The lowest BCUT2D eigenvalue weighted by molar-refractivity contribution is -0.145. The minimum Gasteiger partial charge on any atom is -0.487 e. The van der Waals surface area contributed by atoms with E-state index in [0.717, 1.165) is 65.9 Å². The average Bonchev–Trinajstić information content (AvgIpc) is 3.65. The third kappa shape index (κ3) is 6.87. The first kappa shape index (κ1) is 33.1. The summed E-state index contributed by atoms with van der Waals surface area (Å²) in [5, 5.41) is 15.8. The fraction of sp³-hybridized carbons (Fsp3) is 0.543. The van der Waals surface area contributed by atoms with Gasteiger partial charge in [0, 0.05) is 38.0 Å². The number of aliphatic carboxylic acids is 1. The molecule has 13 nitrogen and oxygen atoms in total. The van der Waals surface area contributed by atoms with E-state index in [1.807, 2.05) is 36.0 Å². The molecule has 1 saturated heterocycles. The molecule has 5 atom stereocenters. The summed E-state index contributed by atoms with van der Waals surface area (Å²) >= 11 is 1.49. The molecule has 3 aromatic rings. The number of carboxylic acids is 1. The van der Waals surface area contributed by atoms with Crippen molar-refractivity contribution in [3.63, 3.8) is 0 Å². The summed E-state index contributed by atoms with van der Waals surface area (Å²) in [5.41, 5.74) is -0.678. The highest BCUT2D eigenvalue weighted by molar-refractivity contribution is 7.22. The fourth-order valence-electron chi connectivity index (χ4n) is 7.38. The van der Waals surface area contributed by atoms with Gasteiger partial charge in [0.2, 0.25) is 11.8 Å². The summed E-state index contributed by atoms with van der Waals surface area (Å²) in [6.07, 6.45) is 15.3. The molecule has 4 aliphatic rings. The Kier molecular flexibility index (Phi) is 9.32. The molecule has 0 aromatic carbocycles. The van der Waals surface area contributed by atoms with Crippen molar-refractivity contribution >= 4 is 45.4 Å². The molecule has 260 valence electrons. The molecule has 49 heavy (non-hydrogen) atoms. The quantitative estimate of drug-likeness (QED) is 0.315. The molecule has 0 spiro atoms. The van der Waals surface area contributed by atoms with Crippen molar-refractivity contribution in [2.24, 2.45) is 13.0 Å². The maximum atomic E-state index is 14.3. The first-order valence-electron chi connectivity index (χ1n) is 17.2. The summed E-state index contributed by atoms with van der Waals surface area (Å²) in [4.78, 5) is 65.1. The van der Waals surface area contributed by atoms with Gasteiger partial charge in [-0.3, -0.25) is 14.6 Å². The number of imidazole rings is 1. The Balaban J connectivity index is 1.16. The van der Waals surface area contributed by atoms with Crippen LogP contribution in [-0.2, 0) is 26.2 Å². The number of hydrogen-bond acceptors (Lipinski definition) is 9. The molecular formula is C35H42N6O7S. The van der Waals surface area contributed by atoms with Crippen molar-refractivity contribution < 1.29 is 33.8 Å². The van der Waals surface area contributed by atoms with Gasteiger partial charge in [0.15, 0.2) is 0 Å². The van der Waals surface area contributed by atoms with E-state index >= 15 is 0 Å². The second-order valence-corrected chi connectivity index (χ2v) is 14.7. The number of amides is 3. The fourth-order valence-corrected chi connectivity index (χ4v) is 8.49. The zero-order valence-electron chi connectivity index (χ0n) is 27.5. The zero-order chi connectivity index (χ0) is 34.1. The number of aromatic nitrogens is 3. The van der Waals surface area contributed by atoms with Crippen LogP contribution in [0, 0.1) is 5.92 Å². The number of thiophene rings is 1. The van der Waals surface area contributed by atoms with Crippen molar-refractivity contribution in [1.29, 1.82) is 0 Å². The first-order chi connectivity index (χ1) is 23.7. The van der Waals surface area contributed by atoms with Gasteiger partial charge in [0.05, 0.1) is 21.6 Å². The number of carbonyl (C=O) groups excluding carboxylic acids is 3. The molecule has 2 aliphatic heterocycles. The monoisotopic (exact) mass is 690 g/mol. The van der Waals surface area contributed by atoms with Crippen LogP contribution in [0.4, 0.5) is 4.79 Å². The van der Waals surface area contributed by atoms with Gasteiger partial charge in [0.25, 0.3) is 0 Å². The Hall–Kier alpha value is -4.46. The first-order valence-corrected chi connectivity index (χ1v) is 18.1. The van der Waals surface area contributed by atoms with Crippen LogP contribution >= 0.6 is 11.3 Å². The predicted molar refractivity (Wildman–Crippen MR) is 181 cm³/mol. The van der Waals surface area contributed by atoms with Crippen LogP contribution in [0.2, 0.25) is 0 Å². The molecule has 5 heterocycles. The Morgan fingerprint density at radius 2 is 1.90 bits per heavy atom. The molecule has 2 saturated carbocycles. The van der Waals surface area contributed by atoms with Crippen LogP contribution in [0.1, 0.15) is 70.6 Å². The lowest BCUT2D eigenvalue weighted by Gasteiger charge is -2.29. The Morgan fingerprint density at radius 3 is 2.67 bits per heavy atom. The summed E-state index contributed by atoms with van der Waals surface area (Å²) in [6, 6.07) is 1.82. The van der Waals surface area contributed by atoms with E-state index in [4.69, 9.17) is 9.47 Å². The Labute approximate surface area is 288 Å². The van der Waals surface area contributed by atoms with E-state index in [1.165, 1.54) is 16.2 Å². The van der Waals surface area contributed by atoms with Gasteiger partial charge in [-0.2, -0.15) is 0 Å². The highest BCUT2D eigenvalue weighted by atomic mass is 32.1. The second kappa shape index (κ2) is 13.8. The van der Waals surface area contributed by atoms with Crippen molar-refractivity contribution in [1.82, 2.24) is 30.1 Å². The molecule has 7 rings (SSSR count). The molecular weight excluding hydrogens is 648 g/mol. The topological polar surface area (TPSA) is 165 Å². The number of nitrogens with one attached hydrogen (secondary N) is 2. The predicted octanol–water partition coefficient (Wildman–Crippen LogP) is 4.56. The summed E-state index contributed by atoms with van der Waals surface area (Å²) < 4.78 is 14.9. The molecule has 5 unspecified atom stereocenters. The second-order valence-electron chi connectivity index (χ2n) is 13.6. The van der Waals surface area contributed by atoms with Crippen LogP contribution in [0.25, 0.3) is 20.9 Å². The number of hydrogen-bond donors (Lipinski definition) is 3. The van der Waals surface area contributed by atoms with E-state index in [2.05, 4.69) is 20.6 Å². The van der Waals surface area contributed by atoms with Crippen LogP contribution in [0.3, 0.4) is 0 Å². The van der Waals surface area contributed by atoms with Gasteiger partial charge >= 0.3 is 12.1 Å². The van der Waals surface area contributed by atoms with E-state index in [9.17, 15) is 24.3 Å². The molecule has 3 N–H and O–H groups in total. The van der Waals surface area contributed by atoms with Crippen LogP contribution < -0.4 is 15.4 Å². The van der Waals surface area contributed by atoms with E-state index in [-0.39, 0.29) is 31.4 Å². The summed E-state index contributed by atoms with van der Waals surface area (Å²) in [5.74, 6) is -1.01. The summed E-state index contributed by atoms with van der Waals surface area (Å²) in [7, 11) is 1.92. The van der Waals surface area contributed by atoms with Gasteiger partial charge in [0.1, 0.15) is 41.4 Å². The SMILES string of the molecule is Cn1ccnc1-c1cc2nccc(OC3CC4C(=O)NC5(C(=O)O)CC5C=CCCCCCC(NC(=O)OC5CCCC5)C(=O)N4C3)c2s1. The van der Waals surface area contributed by atoms with Gasteiger partial charge in [-0.25, -0.2) is 14.6 Å². The minimum absolute atomic E-state index is 0.0809. The van der Waals surface area contributed by atoms with Gasteiger partial charge < -0.3 is 34.7 Å². The van der Waals surface area contributed by atoms with Crippen molar-refractivity contribution in [2.45, 2.75) is 100 Å². The standard InChI is InChI=1S/C35H42N6O7S/c1-40-16-15-37-30(40)28-18-25-29(49-28)27(13-14-36-25)47-23-17-26-31(42)39-35(33(44)45)19-21(35)9-5-3-2-4-6-12-24(32(43)41(26)20-23)38-34(46)48-22-10-7-8-11-22/h5,9,13-16,18,21-24,26H,2-4,6-8,10-12,17,19-20H2,1H3,(H,38,46)(H,39,42)(H,44,45).